The van der Waals surface area contributed by atoms with Crippen molar-refractivity contribution >= 4 is 41.0 Å². The molecule has 0 saturated heterocycles. The van der Waals surface area contributed by atoms with Gasteiger partial charge in [0.15, 0.2) is 0 Å². The van der Waals surface area contributed by atoms with E-state index in [1.54, 1.807) is 0 Å². The van der Waals surface area contributed by atoms with E-state index >= 15 is 0 Å². The van der Waals surface area contributed by atoms with Crippen molar-refractivity contribution in [3.05, 3.63) is 82.3 Å². The van der Waals surface area contributed by atoms with Crippen molar-refractivity contribution in [2.75, 3.05) is 19.2 Å². The number of rotatable bonds is 6. The van der Waals surface area contributed by atoms with E-state index in [0.29, 0.717) is 17.2 Å². The van der Waals surface area contributed by atoms with Crippen LogP contribution in [0.4, 0.5) is 36.8 Å². The number of amides is 3. The van der Waals surface area contributed by atoms with Gasteiger partial charge in [-0.2, -0.15) is 13.2 Å². The molecule has 0 aliphatic heterocycles. The van der Waals surface area contributed by atoms with Crippen LogP contribution >= 0.6 is 23.4 Å². The zero-order chi connectivity index (χ0) is 26.6. The molecule has 14 heteroatoms. The summed E-state index contributed by atoms with van der Waals surface area (Å²) in [5.41, 5.74) is -2.46. The molecule has 0 aliphatic carbocycles. The van der Waals surface area contributed by atoms with E-state index < -0.39 is 59.1 Å². The molecule has 0 spiro atoms. The lowest BCUT2D eigenvalue weighted by molar-refractivity contribution is -0.137. The summed E-state index contributed by atoms with van der Waals surface area (Å²) in [4.78, 5) is 29.3. The molecule has 1 aromatic heterocycles. The van der Waals surface area contributed by atoms with E-state index in [2.05, 4.69) is 10.3 Å². The highest BCUT2D eigenvalue weighted by atomic mass is 35.5. The highest BCUT2D eigenvalue weighted by Gasteiger charge is 2.32. The van der Waals surface area contributed by atoms with Gasteiger partial charge in [-0.1, -0.05) is 29.4 Å². The van der Waals surface area contributed by atoms with Gasteiger partial charge in [0.1, 0.15) is 34.8 Å². The largest absolute Gasteiger partial charge is 0.417 e. The molecule has 0 radical (unpaired) electrons. The number of halogens is 7. The van der Waals surface area contributed by atoms with Crippen LogP contribution < -0.4 is 5.32 Å². The predicted molar refractivity (Wildman–Crippen MR) is 118 cm³/mol. The van der Waals surface area contributed by atoms with Crippen LogP contribution in [0.1, 0.15) is 15.9 Å². The molecule has 0 saturated carbocycles. The Bertz CT molecular complexity index is 1290. The molecule has 1 N–H and O–H groups in total. The molecule has 0 unspecified atom stereocenters. The quantitative estimate of drug-likeness (QED) is 0.277. The van der Waals surface area contributed by atoms with Gasteiger partial charge in [-0.3, -0.25) is 4.79 Å². The first-order valence-electron chi connectivity index (χ1n) is 9.68. The zero-order valence-electron chi connectivity index (χ0n) is 18.0. The number of alkyl halides is 3. The van der Waals surface area contributed by atoms with Crippen LogP contribution in [0.3, 0.4) is 0 Å². The standard InChI is InChI=1S/C22H14ClF6N3O3S/c1-35-10-32(20(33)18-14(24)3-2-4-15(18)25)21(34)31-17-6-5-12(8-16(17)26)36-19-13(23)7-11(9-30-19)22(27,28)29/h2-9H,10H2,1H3,(H,31,34). The Balaban J connectivity index is 1.78. The minimum Gasteiger partial charge on any atom is -0.364 e. The summed E-state index contributed by atoms with van der Waals surface area (Å²) in [5.74, 6) is -4.77. The Morgan fingerprint density at radius 2 is 1.75 bits per heavy atom. The maximum atomic E-state index is 14.7. The van der Waals surface area contributed by atoms with E-state index in [-0.39, 0.29) is 14.9 Å². The number of nitrogens with one attached hydrogen (secondary N) is 1. The van der Waals surface area contributed by atoms with Gasteiger partial charge in [-0.05, 0) is 36.4 Å². The lowest BCUT2D eigenvalue weighted by atomic mass is 10.1. The molecular formula is C22H14ClF6N3O3S. The van der Waals surface area contributed by atoms with Crippen molar-refractivity contribution in [1.82, 2.24) is 9.88 Å². The lowest BCUT2D eigenvalue weighted by Crippen LogP contribution is -2.42. The molecule has 3 aromatic rings. The number of pyridine rings is 1. The fraction of sp³-hybridized carbons (Fsp3) is 0.136. The number of benzene rings is 2. The van der Waals surface area contributed by atoms with Crippen LogP contribution in [-0.2, 0) is 10.9 Å². The van der Waals surface area contributed by atoms with Crippen molar-refractivity contribution < 1.29 is 40.7 Å². The Morgan fingerprint density at radius 3 is 2.31 bits per heavy atom. The second-order valence-electron chi connectivity index (χ2n) is 6.93. The van der Waals surface area contributed by atoms with Gasteiger partial charge in [0.25, 0.3) is 5.91 Å². The molecule has 3 amide bonds. The maximum Gasteiger partial charge on any atom is 0.417 e. The van der Waals surface area contributed by atoms with Gasteiger partial charge in [-0.25, -0.2) is 27.8 Å². The minimum absolute atomic E-state index is 0.0235. The van der Waals surface area contributed by atoms with E-state index in [1.807, 2.05) is 0 Å². The number of nitrogens with zero attached hydrogens (tertiary/aromatic N) is 2. The third-order valence-electron chi connectivity index (χ3n) is 4.46. The summed E-state index contributed by atoms with van der Waals surface area (Å²) in [6.45, 7) is -0.702. The van der Waals surface area contributed by atoms with Crippen molar-refractivity contribution in [1.29, 1.82) is 0 Å². The fourth-order valence-electron chi connectivity index (χ4n) is 2.79. The Morgan fingerprint density at radius 1 is 1.08 bits per heavy atom. The van der Waals surface area contributed by atoms with Gasteiger partial charge in [-0.15, -0.1) is 0 Å². The SMILES string of the molecule is COCN(C(=O)Nc1ccc(Sc2ncc(C(F)(F)F)cc2Cl)cc1F)C(=O)c1c(F)cccc1F. The average molecular weight is 550 g/mol. The summed E-state index contributed by atoms with van der Waals surface area (Å²) in [7, 11) is 1.12. The molecule has 1 heterocycles. The first-order valence-corrected chi connectivity index (χ1v) is 10.9. The summed E-state index contributed by atoms with van der Waals surface area (Å²) < 4.78 is 85.7. The van der Waals surface area contributed by atoms with Gasteiger partial charge in [0.05, 0.1) is 16.3 Å². The first kappa shape index (κ1) is 27.3. The summed E-state index contributed by atoms with van der Waals surface area (Å²) in [5, 5.41) is 1.77. The number of hydrogen-bond donors (Lipinski definition) is 1. The monoisotopic (exact) mass is 549 g/mol. The highest BCUT2D eigenvalue weighted by molar-refractivity contribution is 7.99. The number of methoxy groups -OCH3 is 1. The third kappa shape index (κ3) is 6.28. The zero-order valence-corrected chi connectivity index (χ0v) is 19.6. The van der Waals surface area contributed by atoms with Gasteiger partial charge >= 0.3 is 12.2 Å². The summed E-state index contributed by atoms with van der Waals surface area (Å²) in [6.07, 6.45) is -4.05. The summed E-state index contributed by atoms with van der Waals surface area (Å²) >= 11 is 6.62. The van der Waals surface area contributed by atoms with Crippen LogP contribution in [0.2, 0.25) is 5.02 Å². The molecule has 190 valence electrons. The molecule has 36 heavy (non-hydrogen) atoms. The van der Waals surface area contributed by atoms with Crippen LogP contribution in [0.25, 0.3) is 0 Å². The Kier molecular flexibility index (Phi) is 8.48. The number of imide groups is 1. The maximum absolute atomic E-state index is 14.7. The molecule has 3 rings (SSSR count). The van der Waals surface area contributed by atoms with Gasteiger partial charge < -0.3 is 10.1 Å². The summed E-state index contributed by atoms with van der Waals surface area (Å²) in [6, 6.07) is 5.47. The van der Waals surface area contributed by atoms with E-state index in [4.69, 9.17) is 16.3 Å². The number of carbonyl (C=O) groups is 2. The number of carbonyl (C=O) groups excluding carboxylic acids is 2. The molecule has 6 nitrogen and oxygen atoms in total. The normalized spacial score (nSPS) is 11.3. The van der Waals surface area contributed by atoms with E-state index in [1.165, 1.54) is 6.07 Å². The topological polar surface area (TPSA) is 71.5 Å². The lowest BCUT2D eigenvalue weighted by Gasteiger charge is -2.21. The molecular weight excluding hydrogens is 536 g/mol. The predicted octanol–water partition coefficient (Wildman–Crippen LogP) is 6.60. The smallest absolute Gasteiger partial charge is 0.364 e. The number of anilines is 1. The Labute approximate surface area is 209 Å². The van der Waals surface area contributed by atoms with Gasteiger partial charge in [0.2, 0.25) is 0 Å². The highest BCUT2D eigenvalue weighted by Crippen LogP contribution is 2.37. The molecule has 0 bridgehead atoms. The van der Waals surface area contributed by atoms with Crippen molar-refractivity contribution in [2.24, 2.45) is 0 Å². The van der Waals surface area contributed by atoms with Gasteiger partial charge in [0, 0.05) is 18.2 Å². The molecule has 2 aromatic carbocycles. The van der Waals surface area contributed by atoms with E-state index in [9.17, 15) is 35.9 Å². The number of aromatic nitrogens is 1. The second kappa shape index (κ2) is 11.2. The fourth-order valence-corrected chi connectivity index (χ4v) is 3.85. The third-order valence-corrected chi connectivity index (χ3v) is 5.87. The average Bonchev–Trinajstić information content (AvgIpc) is 2.79. The van der Waals surface area contributed by atoms with Crippen LogP contribution in [-0.4, -0.2) is 35.7 Å². The van der Waals surface area contributed by atoms with Crippen LogP contribution in [0.15, 0.2) is 58.6 Å². The number of urea groups is 1. The second-order valence-corrected chi connectivity index (χ2v) is 8.40. The molecule has 0 atom stereocenters. The molecule has 0 aliphatic rings. The Hall–Kier alpha value is -3.29. The van der Waals surface area contributed by atoms with Crippen LogP contribution in [0, 0.1) is 17.5 Å². The number of ether oxygens (including phenoxy) is 1. The van der Waals surface area contributed by atoms with Crippen LogP contribution in [0.5, 0.6) is 0 Å². The minimum atomic E-state index is -4.64. The number of hydrogen-bond acceptors (Lipinski definition) is 5. The first-order chi connectivity index (χ1) is 16.9. The van der Waals surface area contributed by atoms with Crippen molar-refractivity contribution in [3.8, 4) is 0 Å². The van der Waals surface area contributed by atoms with Crippen molar-refractivity contribution in [2.45, 2.75) is 16.1 Å². The van der Waals surface area contributed by atoms with E-state index in [0.717, 1.165) is 49.2 Å². The van der Waals surface area contributed by atoms with Crippen molar-refractivity contribution in [3.63, 3.8) is 0 Å². The molecule has 0 fully saturated rings.